The Morgan fingerprint density at radius 3 is 2.54 bits per heavy atom. The minimum atomic E-state index is -1.49. The molecule has 0 saturated carbocycles. The van der Waals surface area contributed by atoms with Gasteiger partial charge in [-0.05, 0) is 80.5 Å². The largest absolute Gasteiger partial charge is 0.495 e. The first-order valence-corrected chi connectivity index (χ1v) is 11.7. The molecule has 1 aromatic heterocycles. The maximum absolute atomic E-state index is 14.0. The topological polar surface area (TPSA) is 47.4 Å². The number of ether oxygens (including phenoxy) is 1. The Balaban J connectivity index is 1.46. The molecule has 8 heteroatoms. The summed E-state index contributed by atoms with van der Waals surface area (Å²) in [6, 6.07) is 7.23. The van der Waals surface area contributed by atoms with E-state index in [-0.39, 0.29) is 11.9 Å². The van der Waals surface area contributed by atoms with Crippen molar-refractivity contribution >= 4 is 12.0 Å². The predicted octanol–water partition coefficient (Wildman–Crippen LogP) is 5.91. The maximum Gasteiger partial charge on any atom is 0.250 e. The van der Waals surface area contributed by atoms with Gasteiger partial charge in [0, 0.05) is 17.8 Å². The van der Waals surface area contributed by atoms with Crippen molar-refractivity contribution in [1.82, 2.24) is 14.5 Å². The Kier molecular flexibility index (Phi) is 6.13. The van der Waals surface area contributed by atoms with Gasteiger partial charge in [0.25, 0.3) is 5.91 Å². The Morgan fingerprint density at radius 2 is 1.86 bits per heavy atom. The average Bonchev–Trinajstić information content (AvgIpc) is 3.29. The molecule has 1 unspecified atom stereocenters. The van der Waals surface area contributed by atoms with Gasteiger partial charge >= 0.3 is 0 Å². The number of aromatic nitrogens is 2. The van der Waals surface area contributed by atoms with E-state index in [1.165, 1.54) is 0 Å². The summed E-state index contributed by atoms with van der Waals surface area (Å²) >= 11 is 0. The number of halogens is 3. The van der Waals surface area contributed by atoms with Crippen molar-refractivity contribution in [2.24, 2.45) is 0 Å². The van der Waals surface area contributed by atoms with Crippen LogP contribution in [0.1, 0.15) is 55.0 Å². The molecule has 182 valence electrons. The van der Waals surface area contributed by atoms with Crippen molar-refractivity contribution in [2.45, 2.75) is 51.1 Å². The van der Waals surface area contributed by atoms with Crippen LogP contribution in [0, 0.1) is 24.4 Å². The van der Waals surface area contributed by atoms with E-state index in [4.69, 9.17) is 4.74 Å². The van der Waals surface area contributed by atoms with Crippen molar-refractivity contribution in [1.29, 1.82) is 0 Å². The van der Waals surface area contributed by atoms with Gasteiger partial charge in [-0.2, -0.15) is 0 Å². The van der Waals surface area contributed by atoms with Crippen LogP contribution in [0.25, 0.3) is 11.8 Å². The quantitative estimate of drug-likeness (QED) is 0.344. The van der Waals surface area contributed by atoms with E-state index in [1.54, 1.807) is 18.3 Å². The molecule has 2 aliphatic rings. The molecule has 3 heterocycles. The third kappa shape index (κ3) is 4.33. The first-order valence-electron chi connectivity index (χ1n) is 11.7. The molecule has 2 aromatic carbocycles. The van der Waals surface area contributed by atoms with Crippen LogP contribution in [0.4, 0.5) is 13.2 Å². The van der Waals surface area contributed by atoms with Gasteiger partial charge in [-0.15, -0.1) is 0 Å². The fourth-order valence-corrected chi connectivity index (χ4v) is 5.25. The lowest BCUT2D eigenvalue weighted by Crippen LogP contribution is -2.49. The van der Waals surface area contributed by atoms with Crippen LogP contribution in [0.3, 0.4) is 0 Å². The van der Waals surface area contributed by atoms with Crippen LogP contribution in [0.5, 0.6) is 5.75 Å². The number of nitrogens with zero attached hydrogens (tertiary/aromatic N) is 3. The smallest absolute Gasteiger partial charge is 0.250 e. The number of rotatable bonds is 4. The number of aryl methyl sites for hydroxylation is 1. The zero-order valence-electron chi connectivity index (χ0n) is 19.6. The van der Waals surface area contributed by atoms with Crippen LogP contribution in [-0.4, -0.2) is 33.5 Å². The standard InChI is InChI=1S/C27H26F3N3O2/c1-16-14-32(15-31-16)24-9-6-17(11-25(24)35-2)10-18-7-8-20-4-3-5-23(33(20)27(18)34)19-12-21(28)26(30)22(29)13-19/h6,9-15,20,23H,3-5,7-8H2,1-2H3/b18-10-/t20-,23?/m1/s1. The first-order chi connectivity index (χ1) is 16.9. The number of hydrogen-bond acceptors (Lipinski definition) is 3. The minimum Gasteiger partial charge on any atom is -0.495 e. The highest BCUT2D eigenvalue weighted by atomic mass is 19.2. The summed E-state index contributed by atoms with van der Waals surface area (Å²) < 4.78 is 48.9. The van der Waals surface area contributed by atoms with Crippen molar-refractivity contribution in [3.05, 3.63) is 82.7 Å². The van der Waals surface area contributed by atoms with Crippen LogP contribution >= 0.6 is 0 Å². The molecule has 0 spiro atoms. The van der Waals surface area contributed by atoms with E-state index in [1.807, 2.05) is 42.0 Å². The van der Waals surface area contributed by atoms with Crippen LogP contribution in [0.15, 0.2) is 48.4 Å². The number of amides is 1. The number of carbonyl (C=O) groups excluding carboxylic acids is 1. The van der Waals surface area contributed by atoms with Gasteiger partial charge < -0.3 is 14.2 Å². The number of piperidine rings is 2. The monoisotopic (exact) mass is 481 g/mol. The Hall–Kier alpha value is -3.55. The number of fused-ring (bicyclic) bond motifs is 1. The molecule has 1 amide bonds. The second kappa shape index (κ2) is 9.24. The third-order valence-corrected chi connectivity index (χ3v) is 6.93. The molecule has 0 bridgehead atoms. The van der Waals surface area contributed by atoms with E-state index in [0.29, 0.717) is 29.7 Å². The third-order valence-electron chi connectivity index (χ3n) is 6.93. The number of benzene rings is 2. The molecular formula is C27H26F3N3O2. The Bertz CT molecular complexity index is 1290. The summed E-state index contributed by atoms with van der Waals surface area (Å²) in [5.74, 6) is -3.46. The lowest BCUT2D eigenvalue weighted by atomic mass is 9.83. The molecule has 35 heavy (non-hydrogen) atoms. The fraction of sp³-hybridized carbons (Fsp3) is 0.333. The Labute approximate surface area is 201 Å². The molecule has 3 aromatic rings. The van der Waals surface area contributed by atoms with E-state index in [0.717, 1.165) is 48.3 Å². The summed E-state index contributed by atoms with van der Waals surface area (Å²) in [6.07, 6.45) is 9.10. The normalized spacial score (nSPS) is 21.3. The first kappa shape index (κ1) is 23.2. The zero-order valence-corrected chi connectivity index (χ0v) is 19.6. The van der Waals surface area contributed by atoms with Gasteiger partial charge in [0.2, 0.25) is 0 Å². The molecule has 2 saturated heterocycles. The molecule has 0 radical (unpaired) electrons. The van der Waals surface area contributed by atoms with E-state index >= 15 is 0 Å². The molecule has 5 rings (SSSR count). The highest BCUT2D eigenvalue weighted by Gasteiger charge is 2.39. The average molecular weight is 482 g/mol. The van der Waals surface area contributed by atoms with Crippen molar-refractivity contribution in [3.63, 3.8) is 0 Å². The van der Waals surface area contributed by atoms with Gasteiger partial charge in [0.1, 0.15) is 5.75 Å². The van der Waals surface area contributed by atoms with Gasteiger partial charge in [-0.25, -0.2) is 18.2 Å². The number of hydrogen-bond donors (Lipinski definition) is 0. The van der Waals surface area contributed by atoms with Gasteiger partial charge in [-0.3, -0.25) is 4.79 Å². The van der Waals surface area contributed by atoms with Crippen LogP contribution < -0.4 is 4.74 Å². The molecule has 2 fully saturated rings. The van der Waals surface area contributed by atoms with Crippen LogP contribution in [-0.2, 0) is 4.79 Å². The second-order valence-electron chi connectivity index (χ2n) is 9.17. The highest BCUT2D eigenvalue weighted by Crippen LogP contribution is 2.41. The zero-order chi connectivity index (χ0) is 24.7. The summed E-state index contributed by atoms with van der Waals surface area (Å²) in [5.41, 5.74) is 3.46. The van der Waals surface area contributed by atoms with Crippen LogP contribution in [0.2, 0.25) is 0 Å². The van der Waals surface area contributed by atoms with Crippen molar-refractivity contribution in [2.75, 3.05) is 7.11 Å². The van der Waals surface area contributed by atoms with Gasteiger partial charge in [0.05, 0.1) is 30.9 Å². The lowest BCUT2D eigenvalue weighted by Gasteiger charge is -2.46. The Morgan fingerprint density at radius 1 is 1.09 bits per heavy atom. The van der Waals surface area contributed by atoms with Crippen molar-refractivity contribution < 1.29 is 22.7 Å². The summed E-state index contributed by atoms with van der Waals surface area (Å²) in [4.78, 5) is 19.6. The molecule has 5 nitrogen and oxygen atoms in total. The number of methoxy groups -OCH3 is 1. The van der Waals surface area contributed by atoms with Crippen molar-refractivity contribution in [3.8, 4) is 11.4 Å². The summed E-state index contributed by atoms with van der Waals surface area (Å²) in [7, 11) is 1.59. The fourth-order valence-electron chi connectivity index (χ4n) is 5.25. The highest BCUT2D eigenvalue weighted by molar-refractivity contribution is 5.99. The van der Waals surface area contributed by atoms with E-state index < -0.39 is 23.5 Å². The molecule has 0 N–H and O–H groups in total. The van der Waals surface area contributed by atoms with Gasteiger partial charge in [-0.1, -0.05) is 6.07 Å². The second-order valence-corrected chi connectivity index (χ2v) is 9.17. The van der Waals surface area contributed by atoms with Gasteiger partial charge in [0.15, 0.2) is 17.5 Å². The minimum absolute atomic E-state index is 0.00373. The number of imidazole rings is 1. The summed E-state index contributed by atoms with van der Waals surface area (Å²) in [6.45, 7) is 1.91. The number of carbonyl (C=O) groups is 1. The van der Waals surface area contributed by atoms with E-state index in [2.05, 4.69) is 4.98 Å². The predicted molar refractivity (Wildman–Crippen MR) is 126 cm³/mol. The SMILES string of the molecule is COc1cc(/C=C2/CC[C@H]3CCCC(c4cc(F)c(F)c(F)c4)N3C2=O)ccc1-n1cnc(C)c1. The maximum atomic E-state index is 14.0. The molecule has 2 aliphatic heterocycles. The lowest BCUT2D eigenvalue weighted by molar-refractivity contribution is -0.136. The summed E-state index contributed by atoms with van der Waals surface area (Å²) in [5, 5.41) is 0. The molecular weight excluding hydrogens is 455 g/mol. The molecule has 0 aliphatic carbocycles. The molecule has 2 atom stereocenters. The van der Waals surface area contributed by atoms with E-state index in [9.17, 15) is 18.0 Å².